The number of ether oxygens (including phenoxy) is 1. The second-order valence-electron chi connectivity index (χ2n) is 8.43. The smallest absolute Gasteiger partial charge is 0.306 e. The van der Waals surface area contributed by atoms with Gasteiger partial charge < -0.3 is 20.1 Å². The number of esters is 1. The number of allylic oxidation sites excluding steroid dienone is 2. The minimum absolute atomic E-state index is 0.0227. The first-order chi connectivity index (χ1) is 17.5. The molecule has 0 heterocycles. The Hall–Kier alpha value is -3.71. The van der Waals surface area contributed by atoms with Gasteiger partial charge in [0.15, 0.2) is 0 Å². The molecule has 2 atom stereocenters. The van der Waals surface area contributed by atoms with Crippen molar-refractivity contribution in [3.63, 3.8) is 0 Å². The molecular weight excluding hydrogens is 456 g/mol. The van der Waals surface area contributed by atoms with Crippen LogP contribution in [0.3, 0.4) is 0 Å². The van der Waals surface area contributed by atoms with E-state index in [1.54, 1.807) is 17.1 Å². The lowest BCUT2D eigenvalue weighted by atomic mass is 9.98. The number of benzene rings is 2. The van der Waals surface area contributed by atoms with Gasteiger partial charge in [-0.3, -0.25) is 14.4 Å². The van der Waals surface area contributed by atoms with Gasteiger partial charge in [-0.2, -0.15) is 0 Å². The molecule has 192 valence electrons. The summed E-state index contributed by atoms with van der Waals surface area (Å²) < 4.78 is 5.39. The molecule has 0 unspecified atom stereocenters. The van der Waals surface area contributed by atoms with Crippen molar-refractivity contribution in [1.82, 2.24) is 10.2 Å². The van der Waals surface area contributed by atoms with Crippen LogP contribution >= 0.6 is 0 Å². The Bertz CT molecular complexity index is 978. The van der Waals surface area contributed by atoms with Crippen molar-refractivity contribution in [3.05, 3.63) is 97.1 Å². The highest BCUT2D eigenvalue weighted by Gasteiger charge is 2.27. The van der Waals surface area contributed by atoms with Crippen LogP contribution < -0.4 is 5.32 Å². The van der Waals surface area contributed by atoms with Gasteiger partial charge in [0.25, 0.3) is 0 Å². The lowest BCUT2D eigenvalue weighted by Crippen LogP contribution is -2.40. The molecule has 0 bridgehead atoms. The fourth-order valence-corrected chi connectivity index (χ4v) is 3.71. The first-order valence-electron chi connectivity index (χ1n) is 12.1. The summed E-state index contributed by atoms with van der Waals surface area (Å²) in [6, 6.07) is 18.2. The maximum Gasteiger partial charge on any atom is 0.306 e. The lowest BCUT2D eigenvalue weighted by molar-refractivity contribution is -0.145. The van der Waals surface area contributed by atoms with Gasteiger partial charge in [-0.15, -0.1) is 13.2 Å². The molecule has 7 heteroatoms. The van der Waals surface area contributed by atoms with Crippen LogP contribution in [0, 0.1) is 5.92 Å². The molecule has 7 nitrogen and oxygen atoms in total. The number of hydrogen-bond acceptors (Lipinski definition) is 5. The number of nitrogens with zero attached hydrogens (tertiary/aromatic N) is 1. The number of amides is 2. The molecule has 2 amide bonds. The van der Waals surface area contributed by atoms with Gasteiger partial charge in [0.2, 0.25) is 11.8 Å². The average molecular weight is 493 g/mol. The van der Waals surface area contributed by atoms with Crippen molar-refractivity contribution in [2.24, 2.45) is 5.92 Å². The van der Waals surface area contributed by atoms with E-state index in [1.807, 2.05) is 60.7 Å². The lowest BCUT2D eigenvalue weighted by Gasteiger charge is -2.26. The van der Waals surface area contributed by atoms with E-state index in [1.165, 1.54) is 0 Å². The fourth-order valence-electron chi connectivity index (χ4n) is 3.71. The van der Waals surface area contributed by atoms with Crippen molar-refractivity contribution in [1.29, 1.82) is 0 Å². The Labute approximate surface area is 213 Å². The third kappa shape index (κ3) is 9.88. The Kier molecular flexibility index (Phi) is 12.7. The molecule has 2 rings (SSSR count). The molecule has 36 heavy (non-hydrogen) atoms. The van der Waals surface area contributed by atoms with Crippen LogP contribution in [0.4, 0.5) is 0 Å². The second kappa shape index (κ2) is 16.1. The second-order valence-corrected chi connectivity index (χ2v) is 8.43. The number of hydrogen-bond donors (Lipinski definition) is 2. The van der Waals surface area contributed by atoms with Crippen LogP contribution in [0.5, 0.6) is 0 Å². The van der Waals surface area contributed by atoms with Gasteiger partial charge in [0.05, 0.1) is 18.6 Å². The van der Waals surface area contributed by atoms with E-state index in [0.29, 0.717) is 19.4 Å². The fraction of sp³-hybridized carbons (Fsp3) is 0.345. The first-order valence-corrected chi connectivity index (χ1v) is 12.1. The minimum Gasteiger partial charge on any atom is -0.463 e. The summed E-state index contributed by atoms with van der Waals surface area (Å²) in [6.45, 7) is 7.66. The first kappa shape index (κ1) is 28.5. The summed E-state index contributed by atoms with van der Waals surface area (Å²) in [6.07, 6.45) is 4.25. The predicted molar refractivity (Wildman–Crippen MR) is 140 cm³/mol. The quantitative estimate of drug-likeness (QED) is 0.273. The third-order valence-electron chi connectivity index (χ3n) is 5.66. The van der Waals surface area contributed by atoms with Gasteiger partial charge >= 0.3 is 5.97 Å². The molecular formula is C29H36N2O5. The molecule has 0 aliphatic carbocycles. The van der Waals surface area contributed by atoms with Gasteiger partial charge in [-0.05, 0) is 24.0 Å². The molecule has 2 N–H and O–H groups in total. The summed E-state index contributed by atoms with van der Waals surface area (Å²) >= 11 is 0. The van der Waals surface area contributed by atoms with Crippen LogP contribution in [0.2, 0.25) is 0 Å². The minimum atomic E-state index is -0.658. The van der Waals surface area contributed by atoms with Gasteiger partial charge in [-0.1, -0.05) is 72.8 Å². The van der Waals surface area contributed by atoms with Crippen LogP contribution in [-0.4, -0.2) is 47.5 Å². The molecule has 0 aromatic heterocycles. The summed E-state index contributed by atoms with van der Waals surface area (Å²) in [4.78, 5) is 40.0. The van der Waals surface area contributed by atoms with Crippen molar-refractivity contribution < 1.29 is 24.2 Å². The third-order valence-corrected chi connectivity index (χ3v) is 5.66. The summed E-state index contributed by atoms with van der Waals surface area (Å²) in [5.41, 5.74) is 1.73. The Morgan fingerprint density at radius 3 is 2.28 bits per heavy atom. The van der Waals surface area contributed by atoms with Gasteiger partial charge in [-0.25, -0.2) is 0 Å². The topological polar surface area (TPSA) is 95.9 Å². The Balaban J connectivity index is 2.11. The highest BCUT2D eigenvalue weighted by Crippen LogP contribution is 2.19. The highest BCUT2D eigenvalue weighted by molar-refractivity contribution is 5.86. The number of rotatable bonds is 16. The molecule has 0 fully saturated rings. The molecule has 0 saturated heterocycles. The van der Waals surface area contributed by atoms with Crippen molar-refractivity contribution in [3.8, 4) is 0 Å². The van der Waals surface area contributed by atoms with E-state index < -0.39 is 12.0 Å². The molecule has 0 radical (unpaired) electrons. The van der Waals surface area contributed by atoms with Crippen molar-refractivity contribution in [2.45, 2.75) is 38.3 Å². The highest BCUT2D eigenvalue weighted by atomic mass is 16.5. The molecule has 0 saturated carbocycles. The zero-order valence-corrected chi connectivity index (χ0v) is 20.7. The standard InChI is InChI=1S/C29H36N2O5/c1-3-5-17-28(34)36-22-26(24-15-10-7-11-16-24)30-29(35)25(12-4-2)20-27(33)31(18-19-32)21-23-13-8-6-9-14-23/h3-4,6-11,13-16,25-26,32H,1-2,5,12,17-22H2,(H,30,35)/t25-,26-/m0/s1. The molecule has 0 aliphatic heterocycles. The number of aliphatic hydroxyl groups is 1. The van der Waals surface area contributed by atoms with Crippen LogP contribution in [0.25, 0.3) is 0 Å². The van der Waals surface area contributed by atoms with Gasteiger partial charge in [0.1, 0.15) is 6.61 Å². The van der Waals surface area contributed by atoms with Crippen LogP contribution in [0.1, 0.15) is 42.9 Å². The zero-order chi connectivity index (χ0) is 26.2. The maximum absolute atomic E-state index is 13.3. The van der Waals surface area contributed by atoms with E-state index in [-0.39, 0.29) is 50.4 Å². The molecule has 2 aromatic rings. The van der Waals surface area contributed by atoms with E-state index >= 15 is 0 Å². The monoisotopic (exact) mass is 492 g/mol. The van der Waals surface area contributed by atoms with Gasteiger partial charge in [0, 0.05) is 25.9 Å². The number of carbonyl (C=O) groups excluding carboxylic acids is 3. The van der Waals surface area contributed by atoms with Crippen LogP contribution in [-0.2, 0) is 25.7 Å². The summed E-state index contributed by atoms with van der Waals surface area (Å²) in [5.74, 6) is -1.59. The summed E-state index contributed by atoms with van der Waals surface area (Å²) in [5, 5.41) is 12.4. The Morgan fingerprint density at radius 2 is 1.67 bits per heavy atom. The molecule has 0 spiro atoms. The van der Waals surface area contributed by atoms with E-state index in [4.69, 9.17) is 4.74 Å². The number of carbonyl (C=O) groups is 3. The number of aliphatic hydroxyl groups excluding tert-OH is 1. The Morgan fingerprint density at radius 1 is 1.00 bits per heavy atom. The zero-order valence-electron chi connectivity index (χ0n) is 20.7. The van der Waals surface area contributed by atoms with Crippen molar-refractivity contribution >= 4 is 17.8 Å². The molecule has 0 aliphatic rings. The largest absolute Gasteiger partial charge is 0.463 e. The summed E-state index contributed by atoms with van der Waals surface area (Å²) in [7, 11) is 0. The van der Waals surface area contributed by atoms with E-state index in [9.17, 15) is 19.5 Å². The van der Waals surface area contributed by atoms with E-state index in [0.717, 1.165) is 11.1 Å². The predicted octanol–water partition coefficient (Wildman–Crippen LogP) is 3.96. The molecule has 2 aromatic carbocycles. The van der Waals surface area contributed by atoms with Crippen molar-refractivity contribution in [2.75, 3.05) is 19.8 Å². The SMILES string of the molecule is C=CCCC(=O)OC[C@H](NC(=O)[C@@H](CC=C)CC(=O)N(CCO)Cc1ccccc1)c1ccccc1. The average Bonchev–Trinajstić information content (AvgIpc) is 2.90. The number of nitrogens with one attached hydrogen (secondary N) is 1. The van der Waals surface area contributed by atoms with Crippen LogP contribution in [0.15, 0.2) is 86.0 Å². The maximum atomic E-state index is 13.3. The normalized spacial score (nSPS) is 12.1. The van der Waals surface area contributed by atoms with E-state index in [2.05, 4.69) is 18.5 Å².